The highest BCUT2D eigenvalue weighted by atomic mass is 16.2. The van der Waals surface area contributed by atoms with Gasteiger partial charge in [0.2, 0.25) is 0 Å². The summed E-state index contributed by atoms with van der Waals surface area (Å²) in [6, 6.07) is 5.56. The molecule has 1 aromatic rings. The first-order valence-corrected chi connectivity index (χ1v) is 6.11. The zero-order valence-corrected chi connectivity index (χ0v) is 10.9. The van der Waals surface area contributed by atoms with Crippen LogP contribution in [0, 0.1) is 0 Å². The van der Waals surface area contributed by atoms with Crippen LogP contribution in [0.25, 0.3) is 5.57 Å². The van der Waals surface area contributed by atoms with Crippen LogP contribution < -0.4 is 11.1 Å². The third-order valence-electron chi connectivity index (χ3n) is 3.11. The summed E-state index contributed by atoms with van der Waals surface area (Å²) in [7, 11) is 3.48. The third-order valence-corrected chi connectivity index (χ3v) is 3.11. The Morgan fingerprint density at radius 2 is 2.17 bits per heavy atom. The van der Waals surface area contributed by atoms with Crippen LogP contribution >= 0.6 is 0 Å². The number of nitrogen functional groups attached to an aromatic ring is 1. The van der Waals surface area contributed by atoms with E-state index in [1.807, 2.05) is 12.1 Å². The first-order chi connectivity index (χ1) is 8.59. The van der Waals surface area contributed by atoms with Crippen molar-refractivity contribution in [2.45, 2.75) is 6.42 Å². The predicted octanol–water partition coefficient (Wildman–Crippen LogP) is 1.35. The second-order valence-electron chi connectivity index (χ2n) is 4.69. The lowest BCUT2D eigenvalue weighted by Crippen LogP contribution is -2.22. The molecule has 18 heavy (non-hydrogen) atoms. The van der Waals surface area contributed by atoms with Crippen molar-refractivity contribution in [2.24, 2.45) is 0 Å². The summed E-state index contributed by atoms with van der Waals surface area (Å²) < 4.78 is 0. The van der Waals surface area contributed by atoms with Crippen molar-refractivity contribution in [3.8, 4) is 0 Å². The van der Waals surface area contributed by atoms with Crippen LogP contribution in [-0.4, -0.2) is 38.0 Å². The average molecular weight is 245 g/mol. The van der Waals surface area contributed by atoms with Gasteiger partial charge in [0.15, 0.2) is 0 Å². The number of carbonyl (C=O) groups excluding carboxylic acids is 1. The number of nitrogens with one attached hydrogen (secondary N) is 1. The molecule has 3 N–H and O–H groups in total. The van der Waals surface area contributed by atoms with Gasteiger partial charge in [-0.1, -0.05) is 12.1 Å². The van der Waals surface area contributed by atoms with Gasteiger partial charge >= 0.3 is 0 Å². The van der Waals surface area contributed by atoms with E-state index in [1.165, 1.54) is 5.57 Å². The summed E-state index contributed by atoms with van der Waals surface area (Å²) in [4.78, 5) is 13.4. The smallest absolute Gasteiger partial charge is 0.253 e. The maximum Gasteiger partial charge on any atom is 0.253 e. The van der Waals surface area contributed by atoms with E-state index < -0.39 is 0 Å². The maximum absolute atomic E-state index is 11.8. The number of carbonyl (C=O) groups is 1. The van der Waals surface area contributed by atoms with Gasteiger partial charge < -0.3 is 16.0 Å². The lowest BCUT2D eigenvalue weighted by Gasteiger charge is -2.17. The summed E-state index contributed by atoms with van der Waals surface area (Å²) in [6.07, 6.45) is 3.13. The Labute approximate surface area is 107 Å². The highest BCUT2D eigenvalue weighted by Gasteiger charge is 2.13. The lowest BCUT2D eigenvalue weighted by atomic mass is 9.97. The molecular formula is C14H19N3O. The quantitative estimate of drug-likeness (QED) is 0.773. The number of amides is 1. The van der Waals surface area contributed by atoms with E-state index >= 15 is 0 Å². The predicted molar refractivity (Wildman–Crippen MR) is 74.3 cm³/mol. The first-order valence-electron chi connectivity index (χ1n) is 6.11. The molecule has 4 heteroatoms. The highest BCUT2D eigenvalue weighted by molar-refractivity contribution is 5.95. The van der Waals surface area contributed by atoms with Crippen LogP contribution in [0.2, 0.25) is 0 Å². The van der Waals surface area contributed by atoms with E-state index in [0.29, 0.717) is 11.3 Å². The topological polar surface area (TPSA) is 58.4 Å². The number of nitrogens with two attached hydrogens (primary N) is 1. The number of hydrogen-bond acceptors (Lipinski definition) is 3. The summed E-state index contributed by atoms with van der Waals surface area (Å²) >= 11 is 0. The molecule has 0 aromatic heterocycles. The van der Waals surface area contributed by atoms with Crippen molar-refractivity contribution in [1.82, 2.24) is 10.2 Å². The van der Waals surface area contributed by atoms with Gasteiger partial charge in [0, 0.05) is 37.5 Å². The summed E-state index contributed by atoms with van der Waals surface area (Å²) in [5.74, 6) is -0.0208. The normalized spacial score (nSPS) is 15.1. The molecule has 1 amide bonds. The molecule has 1 heterocycles. The van der Waals surface area contributed by atoms with Crippen LogP contribution in [0.15, 0.2) is 24.3 Å². The number of anilines is 1. The molecule has 96 valence electrons. The van der Waals surface area contributed by atoms with E-state index in [1.54, 1.807) is 25.1 Å². The minimum atomic E-state index is -0.0208. The van der Waals surface area contributed by atoms with Crippen LogP contribution in [-0.2, 0) is 0 Å². The van der Waals surface area contributed by atoms with Gasteiger partial charge in [0.05, 0.1) is 0 Å². The largest absolute Gasteiger partial charge is 0.398 e. The zero-order valence-electron chi connectivity index (χ0n) is 10.9. The first kappa shape index (κ1) is 12.6. The van der Waals surface area contributed by atoms with Gasteiger partial charge in [-0.2, -0.15) is 0 Å². The Hall–Kier alpha value is -1.81. The van der Waals surface area contributed by atoms with Crippen molar-refractivity contribution in [3.05, 3.63) is 35.4 Å². The average Bonchev–Trinajstić information content (AvgIpc) is 2.38. The molecule has 0 spiro atoms. The highest BCUT2D eigenvalue weighted by Crippen LogP contribution is 2.26. The molecule has 1 aliphatic heterocycles. The lowest BCUT2D eigenvalue weighted by molar-refractivity contribution is 0.0827. The molecule has 0 saturated heterocycles. The van der Waals surface area contributed by atoms with Crippen molar-refractivity contribution in [2.75, 3.05) is 32.9 Å². The van der Waals surface area contributed by atoms with Crippen LogP contribution in [0.4, 0.5) is 5.69 Å². The fraction of sp³-hybridized carbons (Fsp3) is 0.357. The maximum atomic E-state index is 11.8. The standard InChI is InChI=1S/C14H19N3O/c1-17(2)14(18)11-3-4-12(13(15)9-11)10-5-7-16-8-6-10/h3-5,9,16H,6-8,15H2,1-2H3. The Balaban J connectivity index is 2.30. The molecule has 0 saturated carbocycles. The van der Waals surface area contributed by atoms with E-state index in [-0.39, 0.29) is 5.91 Å². The molecular weight excluding hydrogens is 226 g/mol. The summed E-state index contributed by atoms with van der Waals surface area (Å²) in [5, 5.41) is 3.27. The molecule has 1 aliphatic rings. The van der Waals surface area contributed by atoms with Gasteiger partial charge in [0.1, 0.15) is 0 Å². The Bertz CT molecular complexity index is 492. The molecule has 0 aliphatic carbocycles. The number of benzene rings is 1. The van der Waals surface area contributed by atoms with E-state index in [2.05, 4.69) is 11.4 Å². The van der Waals surface area contributed by atoms with Crippen LogP contribution in [0.3, 0.4) is 0 Å². The van der Waals surface area contributed by atoms with Crippen molar-refractivity contribution >= 4 is 17.2 Å². The van der Waals surface area contributed by atoms with E-state index in [9.17, 15) is 4.79 Å². The molecule has 0 radical (unpaired) electrons. The SMILES string of the molecule is CN(C)C(=O)c1ccc(C2=CCNCC2)c(N)c1. The zero-order chi connectivity index (χ0) is 13.1. The Kier molecular flexibility index (Phi) is 3.67. The molecule has 2 rings (SSSR count). The van der Waals surface area contributed by atoms with Crippen molar-refractivity contribution in [1.29, 1.82) is 0 Å². The van der Waals surface area contributed by atoms with Crippen molar-refractivity contribution < 1.29 is 4.79 Å². The molecule has 4 nitrogen and oxygen atoms in total. The molecule has 1 aromatic carbocycles. The molecule has 0 unspecified atom stereocenters. The van der Waals surface area contributed by atoms with Gasteiger partial charge in [0.25, 0.3) is 5.91 Å². The fourth-order valence-electron chi connectivity index (χ4n) is 2.11. The minimum Gasteiger partial charge on any atom is -0.398 e. The molecule has 0 atom stereocenters. The Morgan fingerprint density at radius 1 is 1.39 bits per heavy atom. The van der Waals surface area contributed by atoms with Gasteiger partial charge in [-0.25, -0.2) is 0 Å². The summed E-state index contributed by atoms with van der Waals surface area (Å²) in [5.41, 5.74) is 9.68. The third kappa shape index (κ3) is 2.54. The minimum absolute atomic E-state index is 0.0208. The van der Waals surface area contributed by atoms with Gasteiger partial charge in [-0.3, -0.25) is 4.79 Å². The van der Waals surface area contributed by atoms with Crippen LogP contribution in [0.5, 0.6) is 0 Å². The second-order valence-corrected chi connectivity index (χ2v) is 4.69. The Morgan fingerprint density at radius 3 is 2.72 bits per heavy atom. The van der Waals surface area contributed by atoms with Gasteiger partial charge in [-0.05, 0) is 30.7 Å². The van der Waals surface area contributed by atoms with Crippen LogP contribution in [0.1, 0.15) is 22.3 Å². The van der Waals surface area contributed by atoms with Crippen molar-refractivity contribution in [3.63, 3.8) is 0 Å². The number of nitrogens with zero attached hydrogens (tertiary/aromatic N) is 1. The monoisotopic (exact) mass is 245 g/mol. The number of hydrogen-bond donors (Lipinski definition) is 2. The molecule has 0 bridgehead atoms. The van der Waals surface area contributed by atoms with Gasteiger partial charge in [-0.15, -0.1) is 0 Å². The summed E-state index contributed by atoms with van der Waals surface area (Å²) in [6.45, 7) is 1.86. The van der Waals surface area contributed by atoms with E-state index in [4.69, 9.17) is 5.73 Å². The second kappa shape index (κ2) is 5.23. The molecule has 0 fully saturated rings. The fourth-order valence-corrected chi connectivity index (χ4v) is 2.11. The number of rotatable bonds is 2. The van der Waals surface area contributed by atoms with E-state index in [0.717, 1.165) is 25.1 Å².